The number of hydrogen-bond donors (Lipinski definition) is 0. The van der Waals surface area contributed by atoms with E-state index in [2.05, 4.69) is 38.1 Å². The Morgan fingerprint density at radius 2 is 1.95 bits per heavy atom. The third kappa shape index (κ3) is 3.47. The average Bonchev–Trinajstić information content (AvgIpc) is 2.49. The molecule has 21 heavy (non-hydrogen) atoms. The number of hydrogen-bond acceptors (Lipinski definition) is 3. The molecule has 3 rings (SSSR count). The molecule has 1 aromatic carbocycles. The molecule has 3 heteroatoms. The molecule has 1 saturated carbocycles. The van der Waals surface area contributed by atoms with Gasteiger partial charge in [0.15, 0.2) is 5.79 Å². The summed E-state index contributed by atoms with van der Waals surface area (Å²) in [7, 11) is 0. The Morgan fingerprint density at radius 3 is 2.67 bits per heavy atom. The van der Waals surface area contributed by atoms with Crippen molar-refractivity contribution in [2.24, 2.45) is 0 Å². The van der Waals surface area contributed by atoms with Gasteiger partial charge in [-0.1, -0.05) is 30.7 Å². The fourth-order valence-corrected chi connectivity index (χ4v) is 3.32. The van der Waals surface area contributed by atoms with Gasteiger partial charge < -0.3 is 14.2 Å². The van der Waals surface area contributed by atoms with Crippen molar-refractivity contribution in [2.75, 3.05) is 6.61 Å². The van der Waals surface area contributed by atoms with E-state index in [9.17, 15) is 0 Å². The Bertz CT molecular complexity index is 465. The molecule has 0 unspecified atom stereocenters. The first-order chi connectivity index (χ1) is 10.2. The highest BCUT2D eigenvalue weighted by molar-refractivity contribution is 5.24. The maximum atomic E-state index is 6.20. The van der Waals surface area contributed by atoms with Crippen molar-refractivity contribution in [1.29, 1.82) is 0 Å². The van der Waals surface area contributed by atoms with Crippen LogP contribution in [-0.4, -0.2) is 24.6 Å². The minimum absolute atomic E-state index is 0.0251. The van der Waals surface area contributed by atoms with Crippen LogP contribution in [-0.2, 0) is 20.8 Å². The number of rotatable bonds is 3. The van der Waals surface area contributed by atoms with Gasteiger partial charge in [-0.15, -0.1) is 0 Å². The summed E-state index contributed by atoms with van der Waals surface area (Å²) in [6.45, 7) is 5.50. The molecule has 0 radical (unpaired) electrons. The van der Waals surface area contributed by atoms with E-state index < -0.39 is 0 Å². The van der Waals surface area contributed by atoms with Crippen molar-refractivity contribution in [1.82, 2.24) is 0 Å². The third-order valence-electron chi connectivity index (χ3n) is 4.76. The lowest BCUT2D eigenvalue weighted by Crippen LogP contribution is -2.52. The zero-order valence-corrected chi connectivity index (χ0v) is 13.1. The molecule has 116 valence electrons. The molecule has 2 aliphatic rings. The summed E-state index contributed by atoms with van der Waals surface area (Å²) in [5.41, 5.74) is 2.51. The fourth-order valence-electron chi connectivity index (χ4n) is 3.32. The summed E-state index contributed by atoms with van der Waals surface area (Å²) in [5.74, 6) is -0.319. The summed E-state index contributed by atoms with van der Waals surface area (Å²) in [6, 6.07) is 8.35. The number of benzene rings is 1. The van der Waals surface area contributed by atoms with Crippen LogP contribution < -0.4 is 0 Å². The van der Waals surface area contributed by atoms with E-state index in [1.807, 2.05) is 0 Å². The monoisotopic (exact) mass is 290 g/mol. The topological polar surface area (TPSA) is 27.7 Å². The van der Waals surface area contributed by atoms with Crippen molar-refractivity contribution < 1.29 is 14.2 Å². The predicted molar refractivity (Wildman–Crippen MR) is 82.1 cm³/mol. The predicted octanol–water partition coefficient (Wildman–Crippen LogP) is 3.98. The van der Waals surface area contributed by atoms with Gasteiger partial charge in [0.1, 0.15) is 6.10 Å². The van der Waals surface area contributed by atoms with Gasteiger partial charge in [-0.3, -0.25) is 0 Å². The zero-order chi connectivity index (χ0) is 14.7. The van der Waals surface area contributed by atoms with Gasteiger partial charge in [-0.25, -0.2) is 0 Å². The average molecular weight is 290 g/mol. The summed E-state index contributed by atoms with van der Waals surface area (Å²) in [5, 5.41) is 0. The van der Waals surface area contributed by atoms with E-state index >= 15 is 0 Å². The van der Waals surface area contributed by atoms with E-state index in [0.29, 0.717) is 13.2 Å². The second kappa shape index (κ2) is 6.47. The van der Waals surface area contributed by atoms with E-state index in [-0.39, 0.29) is 18.0 Å². The van der Waals surface area contributed by atoms with E-state index in [4.69, 9.17) is 14.2 Å². The Morgan fingerprint density at radius 1 is 1.19 bits per heavy atom. The molecular weight excluding hydrogens is 264 g/mol. The summed E-state index contributed by atoms with van der Waals surface area (Å²) < 4.78 is 18.3. The maximum absolute atomic E-state index is 6.20. The molecule has 2 atom stereocenters. The van der Waals surface area contributed by atoms with Crippen LogP contribution in [0.3, 0.4) is 0 Å². The van der Waals surface area contributed by atoms with Gasteiger partial charge in [-0.05, 0) is 37.8 Å². The molecule has 1 aliphatic heterocycles. The molecule has 3 nitrogen and oxygen atoms in total. The van der Waals surface area contributed by atoms with Crippen molar-refractivity contribution in [2.45, 2.75) is 70.6 Å². The van der Waals surface area contributed by atoms with Gasteiger partial charge in [0.2, 0.25) is 0 Å². The van der Waals surface area contributed by atoms with E-state index in [1.165, 1.54) is 30.4 Å². The lowest BCUT2D eigenvalue weighted by Gasteiger charge is -2.45. The highest BCUT2D eigenvalue weighted by Crippen LogP contribution is 2.37. The van der Waals surface area contributed by atoms with Crippen molar-refractivity contribution in [3.05, 3.63) is 35.4 Å². The van der Waals surface area contributed by atoms with Crippen LogP contribution in [0.5, 0.6) is 0 Å². The molecule has 1 aromatic rings. The molecule has 1 aliphatic carbocycles. The molecule has 1 saturated heterocycles. The van der Waals surface area contributed by atoms with Crippen molar-refractivity contribution in [3.63, 3.8) is 0 Å². The quantitative estimate of drug-likeness (QED) is 0.843. The summed E-state index contributed by atoms with van der Waals surface area (Å²) >= 11 is 0. The lowest BCUT2D eigenvalue weighted by atomic mass is 9.93. The third-order valence-corrected chi connectivity index (χ3v) is 4.76. The van der Waals surface area contributed by atoms with Crippen LogP contribution in [0.15, 0.2) is 24.3 Å². The zero-order valence-electron chi connectivity index (χ0n) is 13.1. The number of ether oxygens (including phenoxy) is 3. The molecule has 2 fully saturated rings. The van der Waals surface area contributed by atoms with Gasteiger partial charge in [-0.2, -0.15) is 0 Å². The Labute approximate surface area is 127 Å². The minimum Gasteiger partial charge on any atom is -0.368 e. The first kappa shape index (κ1) is 15.0. The van der Waals surface area contributed by atoms with Gasteiger partial charge in [0.25, 0.3) is 0 Å². The summed E-state index contributed by atoms with van der Waals surface area (Å²) in [6.07, 6.45) is 5.90. The van der Waals surface area contributed by atoms with Crippen molar-refractivity contribution >= 4 is 0 Å². The minimum atomic E-state index is -0.319. The van der Waals surface area contributed by atoms with Gasteiger partial charge in [0.05, 0.1) is 19.3 Å². The second-order valence-corrected chi connectivity index (χ2v) is 6.38. The fraction of sp³-hybridized carbons (Fsp3) is 0.667. The molecule has 0 N–H and O–H groups in total. The van der Waals surface area contributed by atoms with Crippen LogP contribution in [0, 0.1) is 6.92 Å². The maximum Gasteiger partial charge on any atom is 0.168 e. The van der Waals surface area contributed by atoms with Crippen molar-refractivity contribution in [3.8, 4) is 0 Å². The molecule has 1 spiro atoms. The SMILES string of the molecule is Cc1ccccc1CO[C@H]1COC2(CCCCC2)O[C@H]1C. The second-order valence-electron chi connectivity index (χ2n) is 6.38. The van der Waals surface area contributed by atoms with Gasteiger partial charge >= 0.3 is 0 Å². The Hall–Kier alpha value is -0.900. The molecule has 0 bridgehead atoms. The normalized spacial score (nSPS) is 28.7. The first-order valence-electron chi connectivity index (χ1n) is 8.16. The number of aryl methyl sites for hydroxylation is 1. The Balaban J connectivity index is 1.55. The summed E-state index contributed by atoms with van der Waals surface area (Å²) in [4.78, 5) is 0. The first-order valence-corrected chi connectivity index (χ1v) is 8.16. The molecule has 0 aromatic heterocycles. The largest absolute Gasteiger partial charge is 0.368 e. The van der Waals surface area contributed by atoms with E-state index in [0.717, 1.165) is 12.8 Å². The van der Waals surface area contributed by atoms with Crippen LogP contribution in [0.4, 0.5) is 0 Å². The highest BCUT2D eigenvalue weighted by atomic mass is 16.7. The lowest BCUT2D eigenvalue weighted by molar-refractivity contribution is -0.333. The van der Waals surface area contributed by atoms with Crippen LogP contribution in [0.25, 0.3) is 0 Å². The molecule has 1 heterocycles. The standard InChI is InChI=1S/C18H26O3/c1-14-8-4-5-9-16(14)12-19-17-13-20-18(21-15(17)2)10-6-3-7-11-18/h4-5,8-9,15,17H,3,6-7,10-13H2,1-2H3/t15-,17-/m0/s1. The Kier molecular flexibility index (Phi) is 4.63. The molecule has 0 amide bonds. The smallest absolute Gasteiger partial charge is 0.168 e. The van der Waals surface area contributed by atoms with Crippen LogP contribution >= 0.6 is 0 Å². The highest BCUT2D eigenvalue weighted by Gasteiger charge is 2.42. The van der Waals surface area contributed by atoms with Gasteiger partial charge in [0, 0.05) is 12.8 Å². The van der Waals surface area contributed by atoms with Crippen LogP contribution in [0.2, 0.25) is 0 Å². The molecular formula is C18H26O3. The van der Waals surface area contributed by atoms with E-state index in [1.54, 1.807) is 0 Å². The van der Waals surface area contributed by atoms with Crippen LogP contribution in [0.1, 0.15) is 50.2 Å².